The van der Waals surface area contributed by atoms with Gasteiger partial charge in [0.2, 0.25) is 0 Å². The van der Waals surface area contributed by atoms with Gasteiger partial charge in [-0.3, -0.25) is 0 Å². The fourth-order valence-corrected chi connectivity index (χ4v) is 11.0. The average molecular weight is 787 g/mol. The van der Waals surface area contributed by atoms with Crippen LogP contribution < -0.4 is 52.8 Å². The van der Waals surface area contributed by atoms with Gasteiger partial charge >= 0.3 is 0 Å². The predicted molar refractivity (Wildman–Crippen MR) is 258 cm³/mol. The zero-order valence-corrected chi connectivity index (χ0v) is 35.4. The van der Waals surface area contributed by atoms with E-state index in [0.717, 1.165) is 45.4 Å². The van der Waals surface area contributed by atoms with Gasteiger partial charge in [0.15, 0.2) is 0 Å². The molecule has 0 aliphatic carbocycles. The number of furan rings is 1. The second-order valence-electron chi connectivity index (χ2n) is 19.4. The lowest BCUT2D eigenvalue weighted by Gasteiger charge is -2.48. The SMILES string of the molecule is CC(C)(C)c1ccc2c(c1)B1c3oc4c5c3N(c3ccccc3N5c3cccc5c3B4c3ccc(C(C)(C)C)cc3N5c3ccccc3)c3cccc(c31)N2c1ccccc1. The molecule has 0 amide bonds. The molecule has 0 radical (unpaired) electrons. The highest BCUT2D eigenvalue weighted by Crippen LogP contribution is 2.57. The average Bonchev–Trinajstić information content (AvgIpc) is 3.66. The molecule has 0 fully saturated rings. The predicted octanol–water partition coefficient (Wildman–Crippen LogP) is 10.4. The first kappa shape index (κ1) is 35.0. The smallest absolute Gasteiger partial charge is 0.297 e. The van der Waals surface area contributed by atoms with Crippen molar-refractivity contribution in [3.63, 3.8) is 0 Å². The van der Waals surface area contributed by atoms with Crippen molar-refractivity contribution < 1.29 is 4.42 Å². The highest BCUT2D eigenvalue weighted by Gasteiger charge is 2.55. The summed E-state index contributed by atoms with van der Waals surface area (Å²) < 4.78 is 7.84. The van der Waals surface area contributed by atoms with Crippen LogP contribution in [0.4, 0.5) is 68.2 Å². The molecule has 0 atom stereocenters. The van der Waals surface area contributed by atoms with Crippen LogP contribution >= 0.6 is 0 Å². The Morgan fingerprint density at radius 1 is 0.361 bits per heavy atom. The fraction of sp³-hybridized carbons (Fsp3) is 0.148. The zero-order chi connectivity index (χ0) is 41.1. The van der Waals surface area contributed by atoms with Crippen molar-refractivity contribution in [2.24, 2.45) is 0 Å². The summed E-state index contributed by atoms with van der Waals surface area (Å²) in [4.78, 5) is 10.0. The zero-order valence-electron chi connectivity index (χ0n) is 35.4. The Morgan fingerprint density at radius 3 is 1.31 bits per heavy atom. The first-order valence-electron chi connectivity index (χ1n) is 21.7. The fourth-order valence-electron chi connectivity index (χ4n) is 11.0. The van der Waals surface area contributed by atoms with E-state index in [-0.39, 0.29) is 24.3 Å². The van der Waals surface area contributed by atoms with Gasteiger partial charge in [-0.05, 0) is 117 Å². The second-order valence-corrected chi connectivity index (χ2v) is 19.4. The van der Waals surface area contributed by atoms with Gasteiger partial charge in [0.1, 0.15) is 11.4 Å². The van der Waals surface area contributed by atoms with E-state index in [4.69, 9.17) is 4.42 Å². The van der Waals surface area contributed by atoms with Gasteiger partial charge in [-0.2, -0.15) is 0 Å². The van der Waals surface area contributed by atoms with Crippen molar-refractivity contribution in [1.82, 2.24) is 0 Å². The van der Waals surface area contributed by atoms with Crippen LogP contribution in [-0.4, -0.2) is 13.4 Å². The minimum atomic E-state index is -0.123. The molecule has 6 heterocycles. The maximum atomic E-state index is 7.84. The van der Waals surface area contributed by atoms with Crippen molar-refractivity contribution in [3.05, 3.63) is 169 Å². The molecule has 5 aliphatic rings. The highest BCUT2D eigenvalue weighted by atomic mass is 16.3. The Bertz CT molecular complexity index is 3160. The first-order chi connectivity index (χ1) is 29.6. The Kier molecular flexibility index (Phi) is 6.83. The molecule has 0 bridgehead atoms. The second kappa shape index (κ2) is 11.9. The molecular formula is C54H44B2N4O. The van der Waals surface area contributed by atoms with Crippen LogP contribution in [0.15, 0.2) is 162 Å². The lowest BCUT2D eigenvalue weighted by Crippen LogP contribution is -2.61. The van der Waals surface area contributed by atoms with Crippen molar-refractivity contribution >= 4 is 115 Å². The topological polar surface area (TPSA) is 26.1 Å². The Hall–Kier alpha value is -6.85. The van der Waals surface area contributed by atoms with Crippen molar-refractivity contribution in [2.45, 2.75) is 52.4 Å². The molecule has 8 aromatic rings. The van der Waals surface area contributed by atoms with E-state index >= 15 is 0 Å². The van der Waals surface area contributed by atoms with Gasteiger partial charge in [-0.15, -0.1) is 0 Å². The lowest BCUT2D eigenvalue weighted by molar-refractivity contribution is 0.590. The van der Waals surface area contributed by atoms with Crippen LogP contribution in [0.25, 0.3) is 0 Å². The summed E-state index contributed by atoms with van der Waals surface area (Å²) in [6, 6.07) is 58.8. The third-order valence-electron chi connectivity index (χ3n) is 13.8. The number of anilines is 12. The van der Waals surface area contributed by atoms with Crippen molar-refractivity contribution in [1.29, 1.82) is 0 Å². The molecule has 7 aromatic carbocycles. The monoisotopic (exact) mass is 786 g/mol. The van der Waals surface area contributed by atoms with Crippen LogP contribution in [0.3, 0.4) is 0 Å². The summed E-state index contributed by atoms with van der Waals surface area (Å²) in [5, 5.41) is 0. The van der Waals surface area contributed by atoms with Gasteiger partial charge < -0.3 is 24.0 Å². The Morgan fingerprint density at radius 2 is 0.787 bits per heavy atom. The van der Waals surface area contributed by atoms with Gasteiger partial charge in [0.05, 0.1) is 22.7 Å². The Balaban J connectivity index is 1.14. The standard InChI is InChI=1S/C54H44B2N4O/c1-53(2,3)33-28-30-39-38(31-33)56-48-42(57(39)35-17-9-7-10-18-35)23-15-26-45(48)60-41-22-14-13-21-40(41)59-44-25-16-24-43-47(44)55(51-49(59)50(60)52(56)61-51)37-29-27-34(54(4,5)6)32-46(37)58(43)36-19-11-8-12-20-36/h7-32H,1-6H3. The first-order valence-corrected chi connectivity index (χ1v) is 21.7. The van der Waals surface area contributed by atoms with Crippen LogP contribution in [-0.2, 0) is 10.8 Å². The normalized spacial score (nSPS) is 14.9. The third-order valence-corrected chi connectivity index (χ3v) is 13.8. The molecule has 0 saturated heterocycles. The molecular weight excluding hydrogens is 742 g/mol. The number of benzene rings is 7. The van der Waals surface area contributed by atoms with E-state index in [1.807, 2.05) is 0 Å². The number of fused-ring (bicyclic) bond motifs is 11. The van der Waals surface area contributed by atoms with Crippen LogP contribution in [0.2, 0.25) is 0 Å². The molecule has 0 N–H and O–H groups in total. The molecule has 292 valence electrons. The third kappa shape index (κ3) is 4.59. The maximum Gasteiger partial charge on any atom is 0.297 e. The van der Waals surface area contributed by atoms with E-state index in [1.165, 1.54) is 67.1 Å². The minimum absolute atomic E-state index is 0.0275. The maximum absolute atomic E-state index is 7.84. The number of para-hydroxylation sites is 4. The molecule has 1 aromatic heterocycles. The quantitative estimate of drug-likeness (QED) is 0.163. The van der Waals surface area contributed by atoms with E-state index in [1.54, 1.807) is 0 Å². The van der Waals surface area contributed by atoms with E-state index < -0.39 is 0 Å². The van der Waals surface area contributed by atoms with Crippen LogP contribution in [0.1, 0.15) is 52.7 Å². The molecule has 0 spiro atoms. The summed E-state index contributed by atoms with van der Waals surface area (Å²) >= 11 is 0. The van der Waals surface area contributed by atoms with E-state index in [0.29, 0.717) is 0 Å². The van der Waals surface area contributed by atoms with Gasteiger partial charge in [0, 0.05) is 45.5 Å². The summed E-state index contributed by atoms with van der Waals surface area (Å²) in [5.74, 6) is 0. The number of hydrogen-bond acceptors (Lipinski definition) is 5. The van der Waals surface area contributed by atoms with E-state index in [2.05, 4.69) is 219 Å². The molecule has 7 heteroatoms. The molecule has 13 rings (SSSR count). The minimum Gasteiger partial charge on any atom is -0.480 e. The summed E-state index contributed by atoms with van der Waals surface area (Å²) in [6.07, 6.45) is 0. The van der Waals surface area contributed by atoms with Gasteiger partial charge in [-0.1, -0.05) is 126 Å². The number of hydrogen-bond donors (Lipinski definition) is 0. The molecule has 0 saturated carbocycles. The summed E-state index contributed by atoms with van der Waals surface area (Å²) in [7, 11) is 0. The van der Waals surface area contributed by atoms with Gasteiger partial charge in [0.25, 0.3) is 13.4 Å². The highest BCUT2D eigenvalue weighted by molar-refractivity contribution is 7.02. The van der Waals surface area contributed by atoms with Crippen LogP contribution in [0.5, 0.6) is 0 Å². The van der Waals surface area contributed by atoms with Crippen molar-refractivity contribution in [3.8, 4) is 0 Å². The van der Waals surface area contributed by atoms with E-state index in [9.17, 15) is 0 Å². The summed E-state index contributed by atoms with van der Waals surface area (Å²) in [6.45, 7) is 13.6. The van der Waals surface area contributed by atoms with Gasteiger partial charge in [-0.25, -0.2) is 0 Å². The molecule has 0 unspecified atom stereocenters. The molecule has 5 aliphatic heterocycles. The summed E-state index contributed by atoms with van der Waals surface area (Å²) in [5.41, 5.74) is 23.7. The number of nitrogens with zero attached hydrogens (tertiary/aromatic N) is 4. The molecule has 5 nitrogen and oxygen atoms in total. The largest absolute Gasteiger partial charge is 0.480 e. The Labute approximate surface area is 358 Å². The van der Waals surface area contributed by atoms with Crippen molar-refractivity contribution in [2.75, 3.05) is 19.6 Å². The van der Waals surface area contributed by atoms with Crippen LogP contribution in [0, 0.1) is 0 Å². The lowest BCUT2D eigenvalue weighted by atomic mass is 9.35. The molecule has 61 heavy (non-hydrogen) atoms. The number of rotatable bonds is 2.